The van der Waals surface area contributed by atoms with Gasteiger partial charge in [-0.2, -0.15) is 0 Å². The van der Waals surface area contributed by atoms with Gasteiger partial charge in [0.2, 0.25) is 0 Å². The van der Waals surface area contributed by atoms with Gasteiger partial charge in [-0.25, -0.2) is 0 Å². The molecule has 1 N–H and O–H groups in total. The molecule has 4 heteroatoms. The highest BCUT2D eigenvalue weighted by Gasteiger charge is 2.20. The number of nitrogens with zero attached hydrogens (tertiary/aromatic N) is 1. The molecule has 1 atom stereocenters. The van der Waals surface area contributed by atoms with Gasteiger partial charge in [0.15, 0.2) is 0 Å². The summed E-state index contributed by atoms with van der Waals surface area (Å²) in [5, 5.41) is 2.89. The molecule has 0 bridgehead atoms. The van der Waals surface area contributed by atoms with Crippen molar-refractivity contribution in [3.05, 3.63) is 45.9 Å². The summed E-state index contributed by atoms with van der Waals surface area (Å²) >= 11 is 1.63. The number of rotatable bonds is 2. The zero-order chi connectivity index (χ0) is 13.2. The van der Waals surface area contributed by atoms with Gasteiger partial charge in [-0.05, 0) is 48.9 Å². The van der Waals surface area contributed by atoms with Crippen LogP contribution in [0.25, 0.3) is 0 Å². The van der Waals surface area contributed by atoms with Crippen LogP contribution in [0.1, 0.15) is 33.5 Å². The van der Waals surface area contributed by atoms with Gasteiger partial charge >= 0.3 is 0 Å². The van der Waals surface area contributed by atoms with Gasteiger partial charge in [0.1, 0.15) is 0 Å². The van der Waals surface area contributed by atoms with E-state index < -0.39 is 0 Å². The molecule has 2 aromatic heterocycles. The summed E-state index contributed by atoms with van der Waals surface area (Å²) in [6, 6.07) is 5.72. The lowest BCUT2D eigenvalue weighted by molar-refractivity contribution is 0.103. The first kappa shape index (κ1) is 12.4. The highest BCUT2D eigenvalue weighted by Crippen LogP contribution is 2.32. The molecule has 1 amide bonds. The lowest BCUT2D eigenvalue weighted by atomic mass is 9.90. The van der Waals surface area contributed by atoms with Crippen molar-refractivity contribution in [2.24, 2.45) is 5.92 Å². The van der Waals surface area contributed by atoms with Crippen molar-refractivity contribution in [3.8, 4) is 0 Å². The Morgan fingerprint density at radius 3 is 3.21 bits per heavy atom. The predicted molar refractivity (Wildman–Crippen MR) is 77.7 cm³/mol. The van der Waals surface area contributed by atoms with Crippen molar-refractivity contribution in [3.63, 3.8) is 0 Å². The maximum absolute atomic E-state index is 12.2. The van der Waals surface area contributed by atoms with E-state index in [4.69, 9.17) is 0 Å². The number of anilines is 1. The van der Waals surface area contributed by atoms with Crippen LogP contribution in [0.2, 0.25) is 0 Å². The number of nitrogens with one attached hydrogen (secondary N) is 1. The van der Waals surface area contributed by atoms with Crippen LogP contribution in [0, 0.1) is 5.92 Å². The number of aryl methyl sites for hydroxylation is 1. The molecule has 0 spiro atoms. The van der Waals surface area contributed by atoms with Crippen molar-refractivity contribution in [2.45, 2.75) is 26.2 Å². The van der Waals surface area contributed by atoms with Gasteiger partial charge in [0.05, 0.1) is 16.8 Å². The Balaban J connectivity index is 1.78. The molecule has 1 aliphatic carbocycles. The van der Waals surface area contributed by atoms with E-state index in [0.717, 1.165) is 29.3 Å². The molecule has 98 valence electrons. The van der Waals surface area contributed by atoms with Gasteiger partial charge in [-0.1, -0.05) is 6.92 Å². The second-order valence-corrected chi connectivity index (χ2v) is 6.24. The molecule has 0 aliphatic heterocycles. The van der Waals surface area contributed by atoms with Gasteiger partial charge in [0.25, 0.3) is 5.91 Å². The number of pyridine rings is 1. The van der Waals surface area contributed by atoms with Crippen molar-refractivity contribution in [1.29, 1.82) is 0 Å². The highest BCUT2D eigenvalue weighted by molar-refractivity contribution is 7.14. The zero-order valence-corrected chi connectivity index (χ0v) is 11.7. The maximum Gasteiger partial charge on any atom is 0.265 e. The first-order valence-electron chi connectivity index (χ1n) is 6.55. The first-order chi connectivity index (χ1) is 9.22. The molecule has 1 aliphatic rings. The summed E-state index contributed by atoms with van der Waals surface area (Å²) in [5.74, 6) is 0.705. The number of hydrogen-bond donors (Lipinski definition) is 1. The first-order valence-corrected chi connectivity index (χ1v) is 7.37. The van der Waals surface area contributed by atoms with E-state index in [1.807, 2.05) is 12.1 Å². The van der Waals surface area contributed by atoms with Crippen molar-refractivity contribution in [1.82, 2.24) is 4.98 Å². The Kier molecular flexibility index (Phi) is 3.34. The second kappa shape index (κ2) is 5.13. The molecule has 1 unspecified atom stereocenters. The molecule has 3 rings (SSSR count). The number of fused-ring (bicyclic) bond motifs is 1. The number of hydrogen-bond acceptors (Lipinski definition) is 3. The van der Waals surface area contributed by atoms with Crippen LogP contribution in [0.3, 0.4) is 0 Å². The number of thiophene rings is 1. The minimum absolute atomic E-state index is 0.0277. The van der Waals surface area contributed by atoms with E-state index in [2.05, 4.69) is 23.3 Å². The fourth-order valence-corrected chi connectivity index (χ4v) is 3.55. The quantitative estimate of drug-likeness (QED) is 0.909. The zero-order valence-electron chi connectivity index (χ0n) is 10.8. The maximum atomic E-state index is 12.2. The van der Waals surface area contributed by atoms with Crippen molar-refractivity contribution < 1.29 is 4.79 Å². The summed E-state index contributed by atoms with van der Waals surface area (Å²) in [6.07, 6.45) is 6.80. The Labute approximate surface area is 116 Å². The third-order valence-electron chi connectivity index (χ3n) is 3.47. The standard InChI is InChI=1S/C15H16N2OS/c1-10-4-5-13-11(7-10)8-14(19-13)15(18)17-12-3-2-6-16-9-12/h2-3,6,8-10H,4-5,7H2,1H3,(H,17,18). The lowest BCUT2D eigenvalue weighted by Gasteiger charge is -2.16. The van der Waals surface area contributed by atoms with Crippen LogP contribution in [0.4, 0.5) is 5.69 Å². The van der Waals surface area contributed by atoms with E-state index >= 15 is 0 Å². The third kappa shape index (κ3) is 2.68. The Bertz CT molecular complexity index is 591. The summed E-state index contributed by atoms with van der Waals surface area (Å²) < 4.78 is 0. The lowest BCUT2D eigenvalue weighted by Crippen LogP contribution is -2.10. The molecular formula is C15H16N2OS. The minimum Gasteiger partial charge on any atom is -0.320 e. The van der Waals surface area contributed by atoms with Crippen LogP contribution in [-0.2, 0) is 12.8 Å². The van der Waals surface area contributed by atoms with Gasteiger partial charge in [0, 0.05) is 11.1 Å². The van der Waals surface area contributed by atoms with Crippen molar-refractivity contribution in [2.75, 3.05) is 5.32 Å². The van der Waals surface area contributed by atoms with E-state index in [1.54, 1.807) is 23.7 Å². The smallest absolute Gasteiger partial charge is 0.265 e. The molecule has 0 fully saturated rings. The van der Waals surface area contributed by atoms with E-state index in [0.29, 0.717) is 0 Å². The summed E-state index contributed by atoms with van der Waals surface area (Å²) in [5.41, 5.74) is 2.10. The SMILES string of the molecule is CC1CCc2sc(C(=O)Nc3cccnc3)cc2C1. The normalized spacial score (nSPS) is 17.8. The second-order valence-electron chi connectivity index (χ2n) is 5.10. The fraction of sp³-hybridized carbons (Fsp3) is 0.333. The van der Waals surface area contributed by atoms with Gasteiger partial charge in [-0.3, -0.25) is 9.78 Å². The number of carbonyl (C=O) groups excluding carboxylic acids is 1. The molecule has 19 heavy (non-hydrogen) atoms. The minimum atomic E-state index is -0.0277. The van der Waals surface area contributed by atoms with Crippen LogP contribution in [0.15, 0.2) is 30.6 Å². The monoisotopic (exact) mass is 272 g/mol. The molecule has 2 heterocycles. The topological polar surface area (TPSA) is 42.0 Å². The van der Waals surface area contributed by atoms with Gasteiger partial charge in [-0.15, -0.1) is 11.3 Å². The Morgan fingerprint density at radius 2 is 2.42 bits per heavy atom. The molecule has 2 aromatic rings. The molecule has 0 radical (unpaired) electrons. The fourth-order valence-electron chi connectivity index (χ4n) is 2.45. The van der Waals surface area contributed by atoms with Crippen molar-refractivity contribution >= 4 is 22.9 Å². The van der Waals surface area contributed by atoms with Crippen LogP contribution >= 0.6 is 11.3 Å². The molecule has 0 saturated heterocycles. The average Bonchev–Trinajstić information content (AvgIpc) is 2.83. The molecule has 0 aromatic carbocycles. The Hall–Kier alpha value is -1.68. The Morgan fingerprint density at radius 1 is 1.53 bits per heavy atom. The van der Waals surface area contributed by atoms with Gasteiger partial charge < -0.3 is 5.32 Å². The van der Waals surface area contributed by atoms with Crippen LogP contribution in [0.5, 0.6) is 0 Å². The number of aromatic nitrogens is 1. The summed E-state index contributed by atoms with van der Waals surface area (Å²) in [4.78, 5) is 18.4. The predicted octanol–water partition coefficient (Wildman–Crippen LogP) is 3.52. The third-order valence-corrected chi connectivity index (χ3v) is 4.71. The van der Waals surface area contributed by atoms with E-state index in [1.165, 1.54) is 16.9 Å². The number of carbonyl (C=O) groups is 1. The average molecular weight is 272 g/mol. The highest BCUT2D eigenvalue weighted by atomic mass is 32.1. The van der Waals surface area contributed by atoms with Crippen LogP contribution in [-0.4, -0.2) is 10.9 Å². The molecule has 3 nitrogen and oxygen atoms in total. The molecule has 0 saturated carbocycles. The summed E-state index contributed by atoms with van der Waals surface area (Å²) in [7, 11) is 0. The number of amides is 1. The largest absolute Gasteiger partial charge is 0.320 e. The van der Waals surface area contributed by atoms with E-state index in [9.17, 15) is 4.79 Å². The van der Waals surface area contributed by atoms with E-state index in [-0.39, 0.29) is 5.91 Å². The molecular weight excluding hydrogens is 256 g/mol. The summed E-state index contributed by atoms with van der Waals surface area (Å²) in [6.45, 7) is 2.27. The van der Waals surface area contributed by atoms with Crippen LogP contribution < -0.4 is 5.32 Å².